The van der Waals surface area contributed by atoms with E-state index in [9.17, 15) is 9.90 Å². The first-order valence-corrected chi connectivity index (χ1v) is 9.64. The number of carbonyl (C=O) groups excluding carboxylic acids is 1. The number of rotatable bonds is 9. The molecule has 0 radical (unpaired) electrons. The largest absolute Gasteiger partial charge is 0.466 e. The molecule has 0 aliphatic rings. The van der Waals surface area contributed by atoms with E-state index in [2.05, 4.69) is 36.0 Å². The fourth-order valence-electron chi connectivity index (χ4n) is 2.96. The molecule has 2 rings (SSSR count). The van der Waals surface area contributed by atoms with E-state index in [0.29, 0.717) is 6.54 Å². The van der Waals surface area contributed by atoms with Crippen LogP contribution in [0.3, 0.4) is 0 Å². The van der Waals surface area contributed by atoms with Crippen molar-refractivity contribution in [2.45, 2.75) is 45.3 Å². The lowest BCUT2D eigenvalue weighted by Crippen LogP contribution is -2.41. The van der Waals surface area contributed by atoms with Crippen LogP contribution < -0.4 is 5.32 Å². The van der Waals surface area contributed by atoms with Gasteiger partial charge in [0.15, 0.2) is 0 Å². The number of β-amino-alcohol motifs (C(OH)–C–C–N with tert-alkyl or cyclic N) is 1. The SMILES string of the molecule is COC(=O)/C=C(\C)c1ccc(CCC(C)(C)NCC(O)c2ccccc2)cc1. The van der Waals surface area contributed by atoms with Gasteiger partial charge in [-0.05, 0) is 55.9 Å². The smallest absolute Gasteiger partial charge is 0.330 e. The van der Waals surface area contributed by atoms with Gasteiger partial charge in [0.1, 0.15) is 0 Å². The van der Waals surface area contributed by atoms with Gasteiger partial charge in [0.25, 0.3) is 0 Å². The van der Waals surface area contributed by atoms with Gasteiger partial charge in [-0.15, -0.1) is 0 Å². The Morgan fingerprint density at radius 3 is 2.39 bits per heavy atom. The number of aliphatic hydroxyl groups excluding tert-OH is 1. The topological polar surface area (TPSA) is 58.6 Å². The number of esters is 1. The molecule has 0 saturated heterocycles. The molecule has 4 heteroatoms. The summed E-state index contributed by atoms with van der Waals surface area (Å²) in [6.07, 6.45) is 2.87. The molecule has 0 bridgehead atoms. The number of nitrogens with one attached hydrogen (secondary N) is 1. The second kappa shape index (κ2) is 10.2. The van der Waals surface area contributed by atoms with Gasteiger partial charge in [-0.1, -0.05) is 54.6 Å². The molecular weight excluding hydrogens is 350 g/mol. The lowest BCUT2D eigenvalue weighted by Gasteiger charge is -2.28. The van der Waals surface area contributed by atoms with Gasteiger partial charge in [0, 0.05) is 18.2 Å². The monoisotopic (exact) mass is 381 g/mol. The number of hydrogen-bond donors (Lipinski definition) is 2. The second-order valence-corrected chi connectivity index (χ2v) is 7.74. The molecule has 4 nitrogen and oxygen atoms in total. The number of methoxy groups -OCH3 is 1. The van der Waals surface area contributed by atoms with Crippen LogP contribution in [-0.2, 0) is 16.0 Å². The molecule has 1 unspecified atom stereocenters. The van der Waals surface area contributed by atoms with Crippen molar-refractivity contribution in [3.8, 4) is 0 Å². The molecule has 0 saturated carbocycles. The summed E-state index contributed by atoms with van der Waals surface area (Å²) in [5, 5.41) is 13.8. The van der Waals surface area contributed by atoms with Crippen molar-refractivity contribution >= 4 is 11.5 Å². The normalized spacial score (nSPS) is 13.2. The van der Waals surface area contributed by atoms with Gasteiger partial charge in [-0.2, -0.15) is 0 Å². The van der Waals surface area contributed by atoms with Crippen LogP contribution >= 0.6 is 0 Å². The highest BCUT2D eigenvalue weighted by Crippen LogP contribution is 2.19. The van der Waals surface area contributed by atoms with Crippen LogP contribution in [0.2, 0.25) is 0 Å². The number of benzene rings is 2. The van der Waals surface area contributed by atoms with Crippen LogP contribution in [0.4, 0.5) is 0 Å². The predicted molar refractivity (Wildman–Crippen MR) is 114 cm³/mol. The molecule has 0 heterocycles. The van der Waals surface area contributed by atoms with E-state index in [1.165, 1.54) is 18.7 Å². The Labute approximate surface area is 168 Å². The van der Waals surface area contributed by atoms with Crippen LogP contribution in [0.5, 0.6) is 0 Å². The van der Waals surface area contributed by atoms with E-state index >= 15 is 0 Å². The van der Waals surface area contributed by atoms with Crippen molar-refractivity contribution < 1.29 is 14.6 Å². The standard InChI is InChI=1S/C24H31NO3/c1-18(16-23(27)28-4)20-12-10-19(11-13-20)14-15-24(2,3)25-17-22(26)21-8-6-5-7-9-21/h5-13,16,22,25-26H,14-15,17H2,1-4H3/b18-16+. The Morgan fingerprint density at radius 1 is 1.14 bits per heavy atom. The molecular formula is C24H31NO3. The van der Waals surface area contributed by atoms with Crippen molar-refractivity contribution in [1.29, 1.82) is 0 Å². The summed E-state index contributed by atoms with van der Waals surface area (Å²) in [5.41, 5.74) is 3.98. The summed E-state index contributed by atoms with van der Waals surface area (Å²) in [7, 11) is 1.38. The first kappa shape index (κ1) is 21.9. The number of hydrogen-bond acceptors (Lipinski definition) is 4. The number of carbonyl (C=O) groups is 1. The fraction of sp³-hybridized carbons (Fsp3) is 0.375. The molecule has 0 amide bonds. The first-order chi connectivity index (χ1) is 13.3. The third-order valence-corrected chi connectivity index (χ3v) is 4.94. The summed E-state index contributed by atoms with van der Waals surface area (Å²) in [6.45, 7) is 6.73. The average molecular weight is 382 g/mol. The second-order valence-electron chi connectivity index (χ2n) is 7.74. The molecule has 2 aromatic rings. The zero-order valence-electron chi connectivity index (χ0n) is 17.2. The molecule has 0 aliphatic carbocycles. The Balaban J connectivity index is 1.86. The fourth-order valence-corrected chi connectivity index (χ4v) is 2.96. The van der Waals surface area contributed by atoms with Crippen LogP contribution in [0.15, 0.2) is 60.7 Å². The minimum atomic E-state index is -0.510. The van der Waals surface area contributed by atoms with Crippen molar-refractivity contribution in [2.24, 2.45) is 0 Å². The lowest BCUT2D eigenvalue weighted by molar-refractivity contribution is -0.134. The number of allylic oxidation sites excluding steroid dienone is 1. The van der Waals surface area contributed by atoms with Crippen LogP contribution in [0, 0.1) is 0 Å². The van der Waals surface area contributed by atoms with Gasteiger partial charge in [0.2, 0.25) is 0 Å². The number of aryl methyl sites for hydroxylation is 1. The Bertz CT molecular complexity index is 779. The Morgan fingerprint density at radius 2 is 1.79 bits per heavy atom. The van der Waals surface area contributed by atoms with Crippen molar-refractivity contribution in [3.63, 3.8) is 0 Å². The number of aliphatic hydroxyl groups is 1. The molecule has 28 heavy (non-hydrogen) atoms. The van der Waals surface area contributed by atoms with Gasteiger partial charge >= 0.3 is 5.97 Å². The number of ether oxygens (including phenoxy) is 1. The van der Waals surface area contributed by atoms with Gasteiger partial charge in [0.05, 0.1) is 13.2 Å². The van der Waals surface area contributed by atoms with Crippen molar-refractivity contribution in [1.82, 2.24) is 5.32 Å². The lowest BCUT2D eigenvalue weighted by atomic mass is 9.94. The Kier molecular flexibility index (Phi) is 7.97. The Hall–Kier alpha value is -2.43. The molecule has 2 aromatic carbocycles. The van der Waals surface area contributed by atoms with Gasteiger partial charge in [-0.25, -0.2) is 4.79 Å². The maximum Gasteiger partial charge on any atom is 0.330 e. The van der Waals surface area contributed by atoms with E-state index in [1.807, 2.05) is 49.4 Å². The maximum atomic E-state index is 11.4. The molecule has 150 valence electrons. The first-order valence-electron chi connectivity index (χ1n) is 9.64. The molecule has 0 fully saturated rings. The minimum Gasteiger partial charge on any atom is -0.466 e. The molecule has 2 N–H and O–H groups in total. The average Bonchev–Trinajstić information content (AvgIpc) is 2.71. The van der Waals surface area contributed by atoms with Crippen LogP contribution in [-0.4, -0.2) is 30.3 Å². The summed E-state index contributed by atoms with van der Waals surface area (Å²) < 4.78 is 4.67. The van der Waals surface area contributed by atoms with E-state index in [-0.39, 0.29) is 11.5 Å². The van der Waals surface area contributed by atoms with Gasteiger partial charge in [-0.3, -0.25) is 0 Å². The highest BCUT2D eigenvalue weighted by atomic mass is 16.5. The molecule has 0 aliphatic heterocycles. The third kappa shape index (κ3) is 6.95. The quantitative estimate of drug-likeness (QED) is 0.502. The minimum absolute atomic E-state index is 0.0882. The van der Waals surface area contributed by atoms with Crippen LogP contribution in [0.25, 0.3) is 5.57 Å². The van der Waals surface area contributed by atoms with E-state index in [0.717, 1.165) is 29.5 Å². The highest BCUT2D eigenvalue weighted by Gasteiger charge is 2.19. The molecule has 0 spiro atoms. The van der Waals surface area contributed by atoms with E-state index in [4.69, 9.17) is 0 Å². The van der Waals surface area contributed by atoms with E-state index < -0.39 is 6.10 Å². The summed E-state index contributed by atoms with van der Waals surface area (Å²) >= 11 is 0. The van der Waals surface area contributed by atoms with Crippen molar-refractivity contribution in [3.05, 3.63) is 77.4 Å². The predicted octanol–water partition coefficient (Wildman–Crippen LogP) is 4.30. The van der Waals surface area contributed by atoms with Crippen molar-refractivity contribution in [2.75, 3.05) is 13.7 Å². The maximum absolute atomic E-state index is 11.4. The van der Waals surface area contributed by atoms with E-state index in [1.54, 1.807) is 0 Å². The molecule has 1 atom stereocenters. The molecule has 0 aromatic heterocycles. The zero-order valence-corrected chi connectivity index (χ0v) is 17.2. The summed E-state index contributed by atoms with van der Waals surface area (Å²) in [6, 6.07) is 18.0. The summed E-state index contributed by atoms with van der Waals surface area (Å²) in [5.74, 6) is -0.341. The third-order valence-electron chi connectivity index (χ3n) is 4.94. The van der Waals surface area contributed by atoms with Gasteiger partial charge < -0.3 is 15.2 Å². The highest BCUT2D eigenvalue weighted by molar-refractivity contribution is 5.90. The summed E-state index contributed by atoms with van der Waals surface area (Å²) in [4.78, 5) is 11.4. The zero-order chi connectivity index (χ0) is 20.6. The van der Waals surface area contributed by atoms with Crippen LogP contribution in [0.1, 0.15) is 50.0 Å².